The first kappa shape index (κ1) is 10.4. The van der Waals surface area contributed by atoms with E-state index in [1.54, 1.807) is 13.8 Å². The van der Waals surface area contributed by atoms with Gasteiger partial charge in [-0.1, -0.05) is 0 Å². The summed E-state index contributed by atoms with van der Waals surface area (Å²) < 4.78 is 4.03. The third-order valence-corrected chi connectivity index (χ3v) is 0.203. The van der Waals surface area contributed by atoms with Crippen LogP contribution in [0.4, 0.5) is 0 Å². The van der Waals surface area contributed by atoms with E-state index in [1.165, 1.54) is 6.47 Å². The van der Waals surface area contributed by atoms with E-state index in [4.69, 9.17) is 9.90 Å². The molecule has 0 rings (SSSR count). The summed E-state index contributed by atoms with van der Waals surface area (Å²) in [4.78, 5) is 9.06. The van der Waals surface area contributed by atoms with Gasteiger partial charge >= 0.3 is 6.47 Å². The molecule has 0 saturated heterocycles. The van der Waals surface area contributed by atoms with Gasteiger partial charge in [-0.2, -0.15) is 0 Å². The minimum Gasteiger partial charge on any atom is -0.458 e. The van der Waals surface area contributed by atoms with Crippen LogP contribution in [-0.4, -0.2) is 19.7 Å². The molecule has 0 heterocycles. The van der Waals surface area contributed by atoms with Gasteiger partial charge in [0.2, 0.25) is 0 Å². The van der Waals surface area contributed by atoms with Crippen LogP contribution in [0.1, 0.15) is 13.8 Å². The molecule has 0 unspecified atom stereocenters. The van der Waals surface area contributed by atoms with Crippen molar-refractivity contribution in [2.24, 2.45) is 0 Å². The Morgan fingerprint density at radius 2 is 1.88 bits per heavy atom. The van der Waals surface area contributed by atoms with Crippen LogP contribution >= 0.6 is 0 Å². The largest absolute Gasteiger partial charge is 0.458 e. The Balaban J connectivity index is 0. The summed E-state index contributed by atoms with van der Waals surface area (Å²) in [7, 11) is 0. The van der Waals surface area contributed by atoms with Crippen LogP contribution in [0.2, 0.25) is 0 Å². The van der Waals surface area contributed by atoms with E-state index in [-0.39, 0.29) is 6.61 Å². The molecule has 0 saturated carbocycles. The molecule has 0 amide bonds. The minimum absolute atomic E-state index is 0. The zero-order valence-electron chi connectivity index (χ0n) is 5.14. The van der Waals surface area contributed by atoms with E-state index < -0.39 is 0 Å². The second kappa shape index (κ2) is 16.1. The smallest absolute Gasteiger partial charge is 0.417 e. The number of rotatable bonds is 2. The van der Waals surface area contributed by atoms with Crippen molar-refractivity contribution < 1.29 is 14.6 Å². The Hall–Kier alpha value is -0.570. The summed E-state index contributed by atoms with van der Waals surface area (Å²) in [5.41, 5.74) is 0. The van der Waals surface area contributed by atoms with Gasteiger partial charge in [-0.05, 0) is 13.8 Å². The van der Waals surface area contributed by atoms with Crippen molar-refractivity contribution in [2.75, 3.05) is 13.2 Å². The monoisotopic (exact) mass is 118 g/mol. The molecule has 0 aliphatic carbocycles. The zero-order valence-corrected chi connectivity index (χ0v) is 5.14. The lowest BCUT2D eigenvalue weighted by atomic mass is 10.9. The van der Waals surface area contributed by atoms with Crippen molar-refractivity contribution in [3.8, 4) is 0 Å². The number of ether oxygens (including phenoxy) is 1. The van der Waals surface area contributed by atoms with Gasteiger partial charge in [-0.3, -0.25) is 0 Å². The first-order valence-corrected chi connectivity index (χ1v) is 2.40. The standard InChI is InChI=1S/C3H5O2.C2H5O/c1-2-5-3-4;1-2-3/h2H2,1H3;2H2,1H3. The van der Waals surface area contributed by atoms with Crippen LogP contribution in [0.15, 0.2) is 0 Å². The van der Waals surface area contributed by atoms with E-state index in [2.05, 4.69) is 4.74 Å². The molecular formula is C5H10O3. The van der Waals surface area contributed by atoms with E-state index in [0.717, 1.165) is 0 Å². The molecule has 0 aromatic carbocycles. The fourth-order valence-corrected chi connectivity index (χ4v) is 0.0589. The Morgan fingerprint density at radius 1 is 1.50 bits per heavy atom. The molecule has 0 atom stereocenters. The molecule has 48 valence electrons. The van der Waals surface area contributed by atoms with Crippen LogP contribution in [0.25, 0.3) is 0 Å². The Morgan fingerprint density at radius 3 is 1.88 bits per heavy atom. The van der Waals surface area contributed by atoms with E-state index in [0.29, 0.717) is 6.61 Å². The lowest BCUT2D eigenvalue weighted by molar-refractivity contribution is 0.212. The van der Waals surface area contributed by atoms with Gasteiger partial charge in [0.05, 0.1) is 13.2 Å². The SMILES string of the molecule is CCO[C]=O.CC[O]. The first-order valence-electron chi connectivity index (χ1n) is 2.40. The fourth-order valence-electron chi connectivity index (χ4n) is 0.0589. The van der Waals surface area contributed by atoms with E-state index in [9.17, 15) is 0 Å². The normalized spacial score (nSPS) is 6.38. The van der Waals surface area contributed by atoms with Crippen molar-refractivity contribution >= 4 is 6.47 Å². The average Bonchev–Trinajstić information content (AvgIpc) is 1.71. The summed E-state index contributed by atoms with van der Waals surface area (Å²) in [6.45, 7) is 4.98. The highest BCUT2D eigenvalue weighted by Crippen LogP contribution is 1.55. The third kappa shape index (κ3) is 52.1. The molecule has 3 heteroatoms. The molecular weight excluding hydrogens is 108 g/mol. The number of carbonyl (C=O) groups excluding carboxylic acids is 1. The molecule has 3 nitrogen and oxygen atoms in total. The van der Waals surface area contributed by atoms with Crippen molar-refractivity contribution in [3.05, 3.63) is 0 Å². The summed E-state index contributed by atoms with van der Waals surface area (Å²) >= 11 is 0. The molecule has 0 aromatic rings. The van der Waals surface area contributed by atoms with Crippen LogP contribution in [0.5, 0.6) is 0 Å². The molecule has 0 bridgehead atoms. The van der Waals surface area contributed by atoms with Gasteiger partial charge in [0, 0.05) is 0 Å². The summed E-state index contributed by atoms with van der Waals surface area (Å²) in [5, 5.41) is 8.93. The molecule has 0 fully saturated rings. The molecule has 2 radical (unpaired) electrons. The lowest BCUT2D eigenvalue weighted by Gasteiger charge is -1.77. The Kier molecular flexibility index (Phi) is 21.0. The van der Waals surface area contributed by atoms with Gasteiger partial charge in [0.15, 0.2) is 0 Å². The maximum Gasteiger partial charge on any atom is 0.417 e. The predicted octanol–water partition coefficient (Wildman–Crippen LogP) is 0.527. The molecule has 0 aliphatic heterocycles. The molecule has 8 heavy (non-hydrogen) atoms. The highest BCUT2D eigenvalue weighted by Gasteiger charge is 1.64. The van der Waals surface area contributed by atoms with E-state index in [1.807, 2.05) is 0 Å². The van der Waals surface area contributed by atoms with Crippen LogP contribution in [-0.2, 0) is 14.6 Å². The quantitative estimate of drug-likeness (QED) is 0.530. The van der Waals surface area contributed by atoms with Crippen molar-refractivity contribution in [3.63, 3.8) is 0 Å². The second-order valence-electron chi connectivity index (χ2n) is 0.805. The highest BCUT2D eigenvalue weighted by atomic mass is 16.5. The molecule has 0 N–H and O–H groups in total. The van der Waals surface area contributed by atoms with Gasteiger partial charge in [0.25, 0.3) is 0 Å². The summed E-state index contributed by atoms with van der Waals surface area (Å²) in [6.07, 6.45) is 0. The molecule has 0 aromatic heterocycles. The molecule has 0 aliphatic rings. The maximum atomic E-state index is 9.06. The minimum atomic E-state index is 0. The maximum absolute atomic E-state index is 9.06. The van der Waals surface area contributed by atoms with Crippen LogP contribution in [0.3, 0.4) is 0 Å². The zero-order chi connectivity index (χ0) is 6.83. The van der Waals surface area contributed by atoms with Crippen LogP contribution < -0.4 is 0 Å². The summed E-state index contributed by atoms with van der Waals surface area (Å²) in [5.74, 6) is 0. The Bertz CT molecular complexity index is 36.7. The topological polar surface area (TPSA) is 46.2 Å². The fraction of sp³-hybridized carbons (Fsp3) is 0.800. The second-order valence-corrected chi connectivity index (χ2v) is 0.805. The van der Waals surface area contributed by atoms with Crippen molar-refractivity contribution in [1.82, 2.24) is 0 Å². The third-order valence-electron chi connectivity index (χ3n) is 0.203. The van der Waals surface area contributed by atoms with Crippen molar-refractivity contribution in [1.29, 1.82) is 0 Å². The average molecular weight is 118 g/mol. The number of hydrogen-bond donors (Lipinski definition) is 0. The lowest BCUT2D eigenvalue weighted by Crippen LogP contribution is -1.80. The van der Waals surface area contributed by atoms with Crippen LogP contribution in [0, 0.1) is 0 Å². The van der Waals surface area contributed by atoms with Gasteiger partial charge in [-0.25, -0.2) is 9.90 Å². The first-order chi connectivity index (χ1) is 3.83. The van der Waals surface area contributed by atoms with E-state index >= 15 is 0 Å². The van der Waals surface area contributed by atoms with Gasteiger partial charge in [0.1, 0.15) is 0 Å². The molecule has 0 spiro atoms. The van der Waals surface area contributed by atoms with Gasteiger partial charge < -0.3 is 4.74 Å². The Labute approximate surface area is 49.3 Å². The number of hydrogen-bond acceptors (Lipinski definition) is 2. The van der Waals surface area contributed by atoms with Crippen molar-refractivity contribution in [2.45, 2.75) is 13.8 Å². The highest BCUT2D eigenvalue weighted by molar-refractivity contribution is 5.37. The van der Waals surface area contributed by atoms with Gasteiger partial charge in [-0.15, -0.1) is 0 Å². The predicted molar refractivity (Wildman–Crippen MR) is 28.5 cm³/mol. The summed E-state index contributed by atoms with van der Waals surface area (Å²) in [6, 6.07) is 0.